The molecular formula is C16H24N2O4. The maximum Gasteiger partial charge on any atom is 0.408 e. The Morgan fingerprint density at radius 1 is 1.23 bits per heavy atom. The predicted molar refractivity (Wildman–Crippen MR) is 83.7 cm³/mol. The van der Waals surface area contributed by atoms with E-state index in [1.807, 2.05) is 0 Å². The largest absolute Gasteiger partial charge is 0.508 e. The third-order valence-corrected chi connectivity index (χ3v) is 2.81. The average molecular weight is 308 g/mol. The number of carbonyl (C=O) groups excluding carboxylic acids is 2. The van der Waals surface area contributed by atoms with Gasteiger partial charge in [0.25, 0.3) is 0 Å². The van der Waals surface area contributed by atoms with Gasteiger partial charge in [0.1, 0.15) is 17.4 Å². The van der Waals surface area contributed by atoms with Crippen LogP contribution < -0.4 is 5.32 Å². The van der Waals surface area contributed by atoms with Crippen LogP contribution in [0.25, 0.3) is 0 Å². The van der Waals surface area contributed by atoms with Gasteiger partial charge in [-0.05, 0) is 38.5 Å². The Hall–Kier alpha value is -2.24. The number of phenols is 1. The van der Waals surface area contributed by atoms with Crippen molar-refractivity contribution in [2.24, 2.45) is 0 Å². The highest BCUT2D eigenvalue weighted by Crippen LogP contribution is 2.13. The number of phenolic OH excluding ortho intramolecular Hbond substituents is 1. The lowest BCUT2D eigenvalue weighted by Crippen LogP contribution is -2.48. The molecule has 2 amide bonds. The van der Waals surface area contributed by atoms with Crippen LogP contribution in [0.5, 0.6) is 5.75 Å². The van der Waals surface area contributed by atoms with Gasteiger partial charge in [-0.1, -0.05) is 12.1 Å². The summed E-state index contributed by atoms with van der Waals surface area (Å²) >= 11 is 0. The van der Waals surface area contributed by atoms with Gasteiger partial charge >= 0.3 is 6.09 Å². The highest BCUT2D eigenvalue weighted by Gasteiger charge is 2.25. The summed E-state index contributed by atoms with van der Waals surface area (Å²) in [7, 11) is 3.26. The SMILES string of the molecule is CN(C)C(=O)[C@H](Cc1ccc(O)cc1)NC(=O)OC(C)(C)C. The molecule has 0 aliphatic rings. The molecule has 6 nitrogen and oxygen atoms in total. The van der Waals surface area contributed by atoms with Crippen molar-refractivity contribution in [2.45, 2.75) is 38.8 Å². The van der Waals surface area contributed by atoms with E-state index in [1.54, 1.807) is 59.1 Å². The topological polar surface area (TPSA) is 78.9 Å². The van der Waals surface area contributed by atoms with Crippen molar-refractivity contribution in [1.29, 1.82) is 0 Å². The maximum atomic E-state index is 12.2. The standard InChI is InChI=1S/C16H24N2O4/c1-16(2,3)22-15(21)17-13(14(20)18(4)5)10-11-6-8-12(19)9-7-11/h6-9,13,19H,10H2,1-5H3,(H,17,21)/t13-/m0/s1. The molecule has 0 radical (unpaired) electrons. The Morgan fingerprint density at radius 3 is 2.23 bits per heavy atom. The molecule has 1 rings (SSSR count). The molecule has 0 saturated carbocycles. The molecule has 6 heteroatoms. The minimum atomic E-state index is -0.727. The van der Waals surface area contributed by atoms with Crippen molar-refractivity contribution in [2.75, 3.05) is 14.1 Å². The van der Waals surface area contributed by atoms with Crippen molar-refractivity contribution in [3.8, 4) is 5.75 Å². The minimum Gasteiger partial charge on any atom is -0.508 e. The third kappa shape index (κ3) is 6.03. The monoisotopic (exact) mass is 308 g/mol. The van der Waals surface area contributed by atoms with Crippen LogP contribution in [-0.4, -0.2) is 47.7 Å². The van der Waals surface area contributed by atoms with Gasteiger partial charge < -0.3 is 20.1 Å². The number of nitrogens with one attached hydrogen (secondary N) is 1. The molecule has 0 aromatic heterocycles. The Bertz CT molecular complexity index is 518. The van der Waals surface area contributed by atoms with Crippen LogP contribution in [0.3, 0.4) is 0 Å². The van der Waals surface area contributed by atoms with E-state index in [9.17, 15) is 14.7 Å². The molecule has 0 spiro atoms. The second-order valence-corrected chi connectivity index (χ2v) is 6.30. The summed E-state index contributed by atoms with van der Waals surface area (Å²) in [5, 5.41) is 11.9. The van der Waals surface area contributed by atoms with E-state index in [4.69, 9.17) is 4.74 Å². The Morgan fingerprint density at radius 2 is 1.77 bits per heavy atom. The van der Waals surface area contributed by atoms with E-state index >= 15 is 0 Å². The van der Waals surface area contributed by atoms with Gasteiger partial charge in [-0.2, -0.15) is 0 Å². The summed E-state index contributed by atoms with van der Waals surface area (Å²) in [5.74, 6) is -0.0710. The number of ether oxygens (including phenoxy) is 1. The van der Waals surface area contributed by atoms with Crippen molar-refractivity contribution >= 4 is 12.0 Å². The van der Waals surface area contributed by atoms with Crippen LogP contribution in [0, 0.1) is 0 Å². The molecule has 1 atom stereocenters. The molecule has 0 heterocycles. The number of carbonyl (C=O) groups is 2. The summed E-state index contributed by atoms with van der Waals surface area (Å²) in [5.41, 5.74) is 0.197. The van der Waals surface area contributed by atoms with E-state index in [-0.39, 0.29) is 11.7 Å². The van der Waals surface area contributed by atoms with Gasteiger partial charge in [-0.3, -0.25) is 4.79 Å². The van der Waals surface area contributed by atoms with Crippen LogP contribution in [0.4, 0.5) is 4.79 Å². The summed E-state index contributed by atoms with van der Waals surface area (Å²) in [6, 6.07) is 5.78. The normalized spacial score (nSPS) is 12.4. The van der Waals surface area contributed by atoms with Crippen LogP contribution in [0.2, 0.25) is 0 Å². The first-order valence-corrected chi connectivity index (χ1v) is 7.07. The number of amides is 2. The highest BCUT2D eigenvalue weighted by atomic mass is 16.6. The van der Waals surface area contributed by atoms with Crippen molar-refractivity contribution < 1.29 is 19.4 Å². The van der Waals surface area contributed by atoms with Crippen LogP contribution in [0.15, 0.2) is 24.3 Å². The van der Waals surface area contributed by atoms with E-state index in [0.29, 0.717) is 6.42 Å². The van der Waals surface area contributed by atoms with Crippen LogP contribution in [0.1, 0.15) is 26.3 Å². The average Bonchev–Trinajstić information content (AvgIpc) is 2.37. The van der Waals surface area contributed by atoms with E-state index in [1.165, 1.54) is 4.90 Å². The lowest BCUT2D eigenvalue weighted by Gasteiger charge is -2.25. The van der Waals surface area contributed by atoms with Crippen molar-refractivity contribution in [1.82, 2.24) is 10.2 Å². The zero-order valence-electron chi connectivity index (χ0n) is 13.7. The summed E-state index contributed by atoms with van der Waals surface area (Å²) < 4.78 is 5.19. The van der Waals surface area contributed by atoms with Crippen LogP contribution in [-0.2, 0) is 16.0 Å². The molecule has 22 heavy (non-hydrogen) atoms. The van der Waals surface area contributed by atoms with Gasteiger partial charge in [0.15, 0.2) is 0 Å². The maximum absolute atomic E-state index is 12.2. The molecule has 2 N–H and O–H groups in total. The lowest BCUT2D eigenvalue weighted by molar-refractivity contribution is -0.130. The smallest absolute Gasteiger partial charge is 0.408 e. The molecule has 0 saturated heterocycles. The highest BCUT2D eigenvalue weighted by molar-refractivity contribution is 5.85. The first-order valence-electron chi connectivity index (χ1n) is 7.07. The lowest BCUT2D eigenvalue weighted by atomic mass is 10.0. The summed E-state index contributed by atoms with van der Waals surface area (Å²) in [6.45, 7) is 5.28. The van der Waals surface area contributed by atoms with Gasteiger partial charge in [-0.15, -0.1) is 0 Å². The van der Waals surface area contributed by atoms with Crippen molar-refractivity contribution in [3.05, 3.63) is 29.8 Å². The summed E-state index contributed by atoms with van der Waals surface area (Å²) in [4.78, 5) is 25.5. The molecule has 1 aromatic rings. The van der Waals surface area contributed by atoms with Crippen LogP contribution >= 0.6 is 0 Å². The number of likely N-dealkylation sites (N-methyl/N-ethyl adjacent to an activating group) is 1. The number of rotatable bonds is 4. The fourth-order valence-corrected chi connectivity index (χ4v) is 1.83. The number of nitrogens with zero attached hydrogens (tertiary/aromatic N) is 1. The van der Waals surface area contributed by atoms with Gasteiger partial charge in [0.2, 0.25) is 5.91 Å². The quantitative estimate of drug-likeness (QED) is 0.890. The fourth-order valence-electron chi connectivity index (χ4n) is 1.83. The third-order valence-electron chi connectivity index (χ3n) is 2.81. The molecule has 0 aliphatic heterocycles. The number of hydrogen-bond donors (Lipinski definition) is 2. The molecule has 1 aromatic carbocycles. The minimum absolute atomic E-state index is 0.152. The first kappa shape index (κ1) is 17.8. The number of aromatic hydroxyl groups is 1. The number of hydrogen-bond acceptors (Lipinski definition) is 4. The molecule has 0 bridgehead atoms. The van der Waals surface area contributed by atoms with Gasteiger partial charge in [0, 0.05) is 20.5 Å². The Balaban J connectivity index is 2.82. The van der Waals surface area contributed by atoms with Crippen molar-refractivity contribution in [3.63, 3.8) is 0 Å². The second-order valence-electron chi connectivity index (χ2n) is 6.30. The number of alkyl carbamates (subject to hydrolysis) is 1. The Kier molecular flexibility index (Phi) is 5.79. The second kappa shape index (κ2) is 7.15. The van der Waals surface area contributed by atoms with Gasteiger partial charge in [-0.25, -0.2) is 4.79 Å². The number of benzene rings is 1. The van der Waals surface area contributed by atoms with E-state index < -0.39 is 17.7 Å². The molecule has 0 fully saturated rings. The molecule has 0 unspecified atom stereocenters. The zero-order chi connectivity index (χ0) is 16.9. The fraction of sp³-hybridized carbons (Fsp3) is 0.500. The first-order chi connectivity index (χ1) is 10.1. The molecule has 122 valence electrons. The molecular weight excluding hydrogens is 284 g/mol. The van der Waals surface area contributed by atoms with E-state index in [2.05, 4.69) is 5.32 Å². The zero-order valence-corrected chi connectivity index (χ0v) is 13.7. The summed E-state index contributed by atoms with van der Waals surface area (Å²) in [6.07, 6.45) is -0.317. The predicted octanol–water partition coefficient (Wildman–Crippen LogP) is 1.92. The van der Waals surface area contributed by atoms with E-state index in [0.717, 1.165) is 5.56 Å². The van der Waals surface area contributed by atoms with Gasteiger partial charge in [0.05, 0.1) is 0 Å². The molecule has 0 aliphatic carbocycles. The Labute approximate surface area is 131 Å².